The standard InChI is InChI=1S/C11H15ClO3S.Na/c1-2-3-10(12)8-9-4-6-11(7-5-9)16(13,14)15;/h4-7,10H,2-3,8H2,1H3,(H,13,14,15);/q;+1/p-1. The van der Waals surface area contributed by atoms with Gasteiger partial charge in [0.05, 0.1) is 4.90 Å². The first-order chi connectivity index (χ1) is 7.43. The van der Waals surface area contributed by atoms with E-state index >= 15 is 0 Å². The first kappa shape index (κ1) is 17.4. The maximum Gasteiger partial charge on any atom is 1.00 e. The minimum absolute atomic E-state index is 0. The molecule has 0 aliphatic carbocycles. The molecule has 0 saturated carbocycles. The Bertz CT molecular complexity index is 431. The van der Waals surface area contributed by atoms with E-state index in [0.717, 1.165) is 18.4 Å². The van der Waals surface area contributed by atoms with Crippen molar-refractivity contribution in [3.8, 4) is 0 Å². The molecule has 0 spiro atoms. The van der Waals surface area contributed by atoms with Crippen LogP contribution in [-0.4, -0.2) is 18.3 Å². The third-order valence-corrected chi connectivity index (χ3v) is 3.49. The Hall–Kier alpha value is 0.420. The second-order valence-corrected chi connectivity index (χ2v) is 5.69. The van der Waals surface area contributed by atoms with Crippen molar-refractivity contribution in [2.45, 2.75) is 36.5 Å². The van der Waals surface area contributed by atoms with Crippen LogP contribution in [0.1, 0.15) is 25.3 Å². The fraction of sp³-hybridized carbons (Fsp3) is 0.455. The normalized spacial score (nSPS) is 12.9. The topological polar surface area (TPSA) is 57.2 Å². The van der Waals surface area contributed by atoms with E-state index in [-0.39, 0.29) is 39.8 Å². The maximum absolute atomic E-state index is 10.7. The Labute approximate surface area is 130 Å². The zero-order chi connectivity index (χ0) is 12.2. The Morgan fingerprint density at radius 1 is 1.29 bits per heavy atom. The summed E-state index contributed by atoms with van der Waals surface area (Å²) < 4.78 is 32.1. The van der Waals surface area contributed by atoms with E-state index in [1.165, 1.54) is 12.1 Å². The second-order valence-electron chi connectivity index (χ2n) is 3.69. The van der Waals surface area contributed by atoms with E-state index in [2.05, 4.69) is 6.92 Å². The molecule has 0 amide bonds. The number of hydrogen-bond acceptors (Lipinski definition) is 3. The van der Waals surface area contributed by atoms with Crippen LogP contribution in [0.25, 0.3) is 0 Å². The zero-order valence-electron chi connectivity index (χ0n) is 10.0. The monoisotopic (exact) mass is 284 g/mol. The smallest absolute Gasteiger partial charge is 0.744 e. The average molecular weight is 285 g/mol. The number of rotatable bonds is 5. The second kappa shape index (κ2) is 7.77. The fourth-order valence-electron chi connectivity index (χ4n) is 1.46. The van der Waals surface area contributed by atoms with E-state index in [9.17, 15) is 13.0 Å². The van der Waals surface area contributed by atoms with E-state index in [0.29, 0.717) is 6.42 Å². The SMILES string of the molecule is CCCC(Cl)Cc1ccc(S(=O)(=O)[O-])cc1.[Na+]. The van der Waals surface area contributed by atoms with Crippen LogP contribution in [0.5, 0.6) is 0 Å². The maximum atomic E-state index is 10.7. The number of alkyl halides is 1. The van der Waals surface area contributed by atoms with Gasteiger partial charge in [0.15, 0.2) is 0 Å². The molecule has 0 bridgehead atoms. The molecule has 90 valence electrons. The Kier molecular flexibility index (Phi) is 7.96. The molecule has 6 heteroatoms. The molecule has 0 fully saturated rings. The van der Waals surface area contributed by atoms with Crippen LogP contribution in [0.2, 0.25) is 0 Å². The average Bonchev–Trinajstić information content (AvgIpc) is 2.17. The van der Waals surface area contributed by atoms with Crippen LogP contribution in [-0.2, 0) is 16.5 Å². The summed E-state index contributed by atoms with van der Waals surface area (Å²) in [7, 11) is -4.34. The van der Waals surface area contributed by atoms with E-state index < -0.39 is 10.1 Å². The van der Waals surface area contributed by atoms with Gasteiger partial charge in [-0.15, -0.1) is 11.6 Å². The van der Waals surface area contributed by atoms with Gasteiger partial charge in [-0.2, -0.15) is 0 Å². The minimum atomic E-state index is -4.34. The summed E-state index contributed by atoms with van der Waals surface area (Å²) >= 11 is 6.07. The minimum Gasteiger partial charge on any atom is -0.744 e. The molecule has 1 aromatic rings. The van der Waals surface area contributed by atoms with Gasteiger partial charge in [-0.3, -0.25) is 0 Å². The summed E-state index contributed by atoms with van der Waals surface area (Å²) in [5.74, 6) is 0. The summed E-state index contributed by atoms with van der Waals surface area (Å²) in [5, 5.41) is 0.0553. The molecule has 3 nitrogen and oxygen atoms in total. The molecule has 1 aromatic carbocycles. The molecule has 1 atom stereocenters. The molecule has 0 N–H and O–H groups in total. The predicted octanol–water partition coefficient (Wildman–Crippen LogP) is -0.455. The molecule has 0 saturated heterocycles. The molecule has 0 radical (unpaired) electrons. The van der Waals surface area contributed by atoms with Gasteiger partial charge in [-0.05, 0) is 30.5 Å². The molecule has 0 aliphatic heterocycles. The van der Waals surface area contributed by atoms with Gasteiger partial charge in [0.25, 0.3) is 0 Å². The Morgan fingerprint density at radius 2 is 1.82 bits per heavy atom. The Morgan fingerprint density at radius 3 is 2.24 bits per heavy atom. The van der Waals surface area contributed by atoms with Crippen LogP contribution in [0.15, 0.2) is 29.2 Å². The summed E-state index contributed by atoms with van der Waals surface area (Å²) in [6.07, 6.45) is 2.62. The predicted molar refractivity (Wildman–Crippen MR) is 62.7 cm³/mol. The van der Waals surface area contributed by atoms with Gasteiger partial charge in [-0.1, -0.05) is 25.5 Å². The first-order valence-electron chi connectivity index (χ1n) is 5.12. The molecule has 1 rings (SSSR count). The molecule has 1 unspecified atom stereocenters. The third kappa shape index (κ3) is 6.22. The fourth-order valence-corrected chi connectivity index (χ4v) is 2.33. The van der Waals surface area contributed by atoms with Crippen LogP contribution in [0, 0.1) is 0 Å². The van der Waals surface area contributed by atoms with Crippen LogP contribution >= 0.6 is 11.6 Å². The number of halogens is 1. The molecular weight excluding hydrogens is 271 g/mol. The zero-order valence-corrected chi connectivity index (χ0v) is 13.6. The van der Waals surface area contributed by atoms with Crippen molar-refractivity contribution in [2.24, 2.45) is 0 Å². The van der Waals surface area contributed by atoms with Crippen molar-refractivity contribution in [3.63, 3.8) is 0 Å². The molecule has 0 heterocycles. The summed E-state index contributed by atoms with van der Waals surface area (Å²) in [4.78, 5) is -0.196. The Balaban J connectivity index is 0.00000256. The molecule has 0 aromatic heterocycles. The van der Waals surface area contributed by atoms with E-state index in [4.69, 9.17) is 11.6 Å². The van der Waals surface area contributed by atoms with Crippen LogP contribution in [0.4, 0.5) is 0 Å². The van der Waals surface area contributed by atoms with Crippen molar-refractivity contribution in [1.82, 2.24) is 0 Å². The van der Waals surface area contributed by atoms with Crippen molar-refractivity contribution >= 4 is 21.7 Å². The molecular formula is C11H14ClNaO3S. The van der Waals surface area contributed by atoms with Crippen molar-refractivity contribution in [2.75, 3.05) is 0 Å². The van der Waals surface area contributed by atoms with Crippen molar-refractivity contribution in [3.05, 3.63) is 29.8 Å². The van der Waals surface area contributed by atoms with Crippen molar-refractivity contribution in [1.29, 1.82) is 0 Å². The van der Waals surface area contributed by atoms with Gasteiger partial charge >= 0.3 is 29.6 Å². The van der Waals surface area contributed by atoms with Gasteiger partial charge in [0.2, 0.25) is 0 Å². The summed E-state index contributed by atoms with van der Waals surface area (Å²) in [6.45, 7) is 2.06. The molecule has 17 heavy (non-hydrogen) atoms. The van der Waals surface area contributed by atoms with Gasteiger partial charge in [0.1, 0.15) is 10.1 Å². The van der Waals surface area contributed by atoms with E-state index in [1.54, 1.807) is 12.1 Å². The summed E-state index contributed by atoms with van der Waals surface area (Å²) in [5.41, 5.74) is 0.945. The number of benzene rings is 1. The van der Waals surface area contributed by atoms with Crippen molar-refractivity contribution < 1.29 is 42.5 Å². The number of hydrogen-bond donors (Lipinski definition) is 0. The van der Waals surface area contributed by atoms with Gasteiger partial charge in [0, 0.05) is 5.38 Å². The third-order valence-electron chi connectivity index (χ3n) is 2.27. The van der Waals surface area contributed by atoms with Crippen LogP contribution < -0.4 is 29.6 Å². The molecule has 0 aliphatic rings. The van der Waals surface area contributed by atoms with Crippen LogP contribution in [0.3, 0.4) is 0 Å². The summed E-state index contributed by atoms with van der Waals surface area (Å²) in [6, 6.07) is 5.92. The van der Waals surface area contributed by atoms with Gasteiger partial charge in [-0.25, -0.2) is 8.42 Å². The largest absolute Gasteiger partial charge is 1.00 e. The van der Waals surface area contributed by atoms with E-state index in [1.807, 2.05) is 0 Å². The first-order valence-corrected chi connectivity index (χ1v) is 6.97. The van der Waals surface area contributed by atoms with Gasteiger partial charge < -0.3 is 4.55 Å². The quantitative estimate of drug-likeness (QED) is 0.418.